The number of aromatic nitrogens is 1. The quantitative estimate of drug-likeness (QED) is 0.473. The monoisotopic (exact) mass is 392 g/mol. The Balaban J connectivity index is 1.55. The zero-order valence-corrected chi connectivity index (χ0v) is 16.7. The molecule has 2 aromatic carbocycles. The van der Waals surface area contributed by atoms with Gasteiger partial charge in [0.15, 0.2) is 6.61 Å². The van der Waals surface area contributed by atoms with Crippen molar-refractivity contribution in [3.05, 3.63) is 72.6 Å². The molecule has 7 nitrogen and oxygen atoms in total. The van der Waals surface area contributed by atoms with Crippen LogP contribution in [0.3, 0.4) is 0 Å². The molecule has 1 aromatic heterocycles. The third-order valence-electron chi connectivity index (χ3n) is 4.22. The van der Waals surface area contributed by atoms with Gasteiger partial charge < -0.3 is 18.9 Å². The third-order valence-corrected chi connectivity index (χ3v) is 4.22. The molecule has 0 radical (unpaired) electrons. The van der Waals surface area contributed by atoms with E-state index in [2.05, 4.69) is 10.5 Å². The van der Waals surface area contributed by atoms with Gasteiger partial charge in [-0.3, -0.25) is 4.79 Å². The molecule has 0 saturated carbocycles. The van der Waals surface area contributed by atoms with Crippen LogP contribution in [0.15, 0.2) is 72.0 Å². The number of methoxy groups -OCH3 is 1. The highest BCUT2D eigenvalue weighted by molar-refractivity contribution is 5.82. The second-order valence-electron chi connectivity index (χ2n) is 6.47. The number of carbonyl (C=O) groups is 1. The number of nitrogens with zero attached hydrogens (tertiary/aromatic N) is 3. The van der Waals surface area contributed by atoms with E-state index in [-0.39, 0.29) is 12.5 Å². The predicted octanol–water partition coefficient (Wildman–Crippen LogP) is 3.08. The molecule has 1 amide bonds. The fourth-order valence-electron chi connectivity index (χ4n) is 2.68. The van der Waals surface area contributed by atoms with Crippen LogP contribution in [0.4, 0.5) is 5.69 Å². The Morgan fingerprint density at radius 1 is 1.10 bits per heavy atom. The van der Waals surface area contributed by atoms with Crippen molar-refractivity contribution in [2.24, 2.45) is 5.10 Å². The van der Waals surface area contributed by atoms with Gasteiger partial charge in [-0.1, -0.05) is 6.07 Å². The fraction of sp³-hybridized carbons (Fsp3) is 0.182. The molecule has 1 heterocycles. The number of rotatable bonds is 8. The molecule has 0 aliphatic rings. The fourth-order valence-corrected chi connectivity index (χ4v) is 2.68. The van der Waals surface area contributed by atoms with E-state index >= 15 is 0 Å². The summed E-state index contributed by atoms with van der Waals surface area (Å²) in [5.41, 5.74) is 5.28. The minimum Gasteiger partial charge on any atom is -0.497 e. The van der Waals surface area contributed by atoms with E-state index in [9.17, 15) is 4.79 Å². The highest BCUT2D eigenvalue weighted by atomic mass is 16.5. The predicted molar refractivity (Wildman–Crippen MR) is 114 cm³/mol. The number of ether oxygens (including phenoxy) is 2. The standard InChI is InChI=1S/C22H24N4O3/c1-25(2)18-6-4-8-21(14-18)29-16-22(27)24-23-15-19-7-5-13-26(19)17-9-11-20(28-3)12-10-17/h4-15H,16H2,1-3H3,(H,24,27)/b23-15+. The van der Waals surface area contributed by atoms with Crippen LogP contribution in [0.1, 0.15) is 5.69 Å². The largest absolute Gasteiger partial charge is 0.497 e. The molecule has 0 aliphatic heterocycles. The average Bonchev–Trinajstić information content (AvgIpc) is 3.21. The Bertz CT molecular complexity index is 978. The van der Waals surface area contributed by atoms with Crippen molar-refractivity contribution in [2.75, 3.05) is 32.7 Å². The number of anilines is 1. The summed E-state index contributed by atoms with van der Waals surface area (Å²) in [4.78, 5) is 14.0. The first-order valence-corrected chi connectivity index (χ1v) is 9.10. The van der Waals surface area contributed by atoms with E-state index in [0.717, 1.165) is 22.8 Å². The van der Waals surface area contributed by atoms with Gasteiger partial charge in [0.05, 0.1) is 19.0 Å². The number of hydrogen-bond acceptors (Lipinski definition) is 5. The second kappa shape index (κ2) is 9.45. The van der Waals surface area contributed by atoms with Gasteiger partial charge in [-0.15, -0.1) is 0 Å². The molecule has 0 atom stereocenters. The number of nitrogens with one attached hydrogen (secondary N) is 1. The lowest BCUT2D eigenvalue weighted by atomic mass is 10.3. The molecule has 0 spiro atoms. The van der Waals surface area contributed by atoms with Crippen LogP contribution in [0, 0.1) is 0 Å². The summed E-state index contributed by atoms with van der Waals surface area (Å²) < 4.78 is 12.7. The summed E-state index contributed by atoms with van der Waals surface area (Å²) in [7, 11) is 5.53. The number of hydrogen-bond donors (Lipinski definition) is 1. The number of hydrazone groups is 1. The maximum Gasteiger partial charge on any atom is 0.277 e. The lowest BCUT2D eigenvalue weighted by Crippen LogP contribution is -2.24. The zero-order valence-electron chi connectivity index (χ0n) is 16.7. The van der Waals surface area contributed by atoms with Gasteiger partial charge in [0, 0.05) is 37.7 Å². The first-order chi connectivity index (χ1) is 14.1. The van der Waals surface area contributed by atoms with Gasteiger partial charge in [0.2, 0.25) is 0 Å². The van der Waals surface area contributed by atoms with E-state index in [4.69, 9.17) is 9.47 Å². The van der Waals surface area contributed by atoms with Crippen LogP contribution in [0.2, 0.25) is 0 Å². The second-order valence-corrected chi connectivity index (χ2v) is 6.47. The van der Waals surface area contributed by atoms with Gasteiger partial charge >= 0.3 is 0 Å². The molecular formula is C22H24N4O3. The number of amides is 1. The van der Waals surface area contributed by atoms with Crippen molar-refractivity contribution in [3.8, 4) is 17.2 Å². The Labute approximate surface area is 170 Å². The Morgan fingerprint density at radius 2 is 1.90 bits per heavy atom. The first kappa shape index (κ1) is 20.0. The molecule has 150 valence electrons. The zero-order chi connectivity index (χ0) is 20.6. The maximum atomic E-state index is 12.0. The number of benzene rings is 2. The summed E-state index contributed by atoms with van der Waals surface area (Å²) in [5, 5.41) is 4.03. The summed E-state index contributed by atoms with van der Waals surface area (Å²) in [6.07, 6.45) is 3.51. The van der Waals surface area contributed by atoms with E-state index in [0.29, 0.717) is 5.75 Å². The Kier molecular flexibility index (Phi) is 6.52. The molecular weight excluding hydrogens is 368 g/mol. The van der Waals surface area contributed by atoms with Crippen molar-refractivity contribution in [2.45, 2.75) is 0 Å². The highest BCUT2D eigenvalue weighted by Crippen LogP contribution is 2.19. The van der Waals surface area contributed by atoms with Crippen LogP contribution >= 0.6 is 0 Å². The van der Waals surface area contributed by atoms with Gasteiger partial charge in [0.25, 0.3) is 5.91 Å². The van der Waals surface area contributed by atoms with E-state index in [1.54, 1.807) is 13.3 Å². The molecule has 1 N–H and O–H groups in total. The van der Waals surface area contributed by atoms with Gasteiger partial charge in [-0.2, -0.15) is 5.10 Å². The molecule has 3 aromatic rings. The molecule has 0 unspecified atom stereocenters. The SMILES string of the molecule is COc1ccc(-n2cccc2/C=N/NC(=O)COc2cccc(N(C)C)c2)cc1. The average molecular weight is 392 g/mol. The molecule has 0 bridgehead atoms. The third kappa shape index (κ3) is 5.38. The van der Waals surface area contributed by atoms with Crippen molar-refractivity contribution in [3.63, 3.8) is 0 Å². The highest BCUT2D eigenvalue weighted by Gasteiger charge is 2.05. The summed E-state index contributed by atoms with van der Waals surface area (Å²) in [6, 6.07) is 19.0. The van der Waals surface area contributed by atoms with Crippen LogP contribution in [0.25, 0.3) is 5.69 Å². The molecule has 0 aliphatic carbocycles. The molecule has 0 fully saturated rings. The van der Waals surface area contributed by atoms with Crippen LogP contribution in [0.5, 0.6) is 11.5 Å². The van der Waals surface area contributed by atoms with Crippen LogP contribution in [-0.2, 0) is 4.79 Å². The van der Waals surface area contributed by atoms with Crippen molar-refractivity contribution >= 4 is 17.8 Å². The van der Waals surface area contributed by atoms with Gasteiger partial charge in [-0.05, 0) is 48.5 Å². The smallest absolute Gasteiger partial charge is 0.277 e. The van der Waals surface area contributed by atoms with Crippen molar-refractivity contribution in [1.82, 2.24) is 9.99 Å². The van der Waals surface area contributed by atoms with E-state index < -0.39 is 0 Å². The van der Waals surface area contributed by atoms with Gasteiger partial charge in [0.1, 0.15) is 11.5 Å². The van der Waals surface area contributed by atoms with Crippen molar-refractivity contribution < 1.29 is 14.3 Å². The van der Waals surface area contributed by atoms with Crippen LogP contribution in [-0.4, -0.2) is 44.5 Å². The first-order valence-electron chi connectivity index (χ1n) is 9.10. The lowest BCUT2D eigenvalue weighted by Gasteiger charge is -2.13. The topological polar surface area (TPSA) is 68.1 Å². The van der Waals surface area contributed by atoms with Crippen molar-refractivity contribution in [1.29, 1.82) is 0 Å². The number of carbonyl (C=O) groups excluding carboxylic acids is 1. The lowest BCUT2D eigenvalue weighted by molar-refractivity contribution is -0.123. The molecule has 3 rings (SSSR count). The summed E-state index contributed by atoms with van der Waals surface area (Å²) in [6.45, 7) is -0.117. The minimum absolute atomic E-state index is 0.117. The molecule has 0 saturated heterocycles. The molecule has 7 heteroatoms. The Morgan fingerprint density at radius 3 is 2.62 bits per heavy atom. The minimum atomic E-state index is -0.334. The summed E-state index contributed by atoms with van der Waals surface area (Å²) >= 11 is 0. The van der Waals surface area contributed by atoms with E-state index in [1.165, 1.54) is 0 Å². The van der Waals surface area contributed by atoms with Crippen LogP contribution < -0.4 is 19.8 Å². The summed E-state index contributed by atoms with van der Waals surface area (Å²) in [5.74, 6) is 1.09. The Hall–Kier alpha value is -3.74. The van der Waals surface area contributed by atoms with Gasteiger partial charge in [-0.25, -0.2) is 5.43 Å². The normalized spacial score (nSPS) is 10.7. The molecule has 29 heavy (non-hydrogen) atoms. The maximum absolute atomic E-state index is 12.0. The van der Waals surface area contributed by atoms with E-state index in [1.807, 2.05) is 90.4 Å².